The molecule has 0 bridgehead atoms. The average molecular weight is 372 g/mol. The molecule has 3 aromatic heterocycles. The van der Waals surface area contributed by atoms with Crippen LogP contribution in [0.1, 0.15) is 5.56 Å². The fourth-order valence-corrected chi connectivity index (χ4v) is 2.70. The zero-order chi connectivity index (χ0) is 19.3. The third-order valence-corrected chi connectivity index (χ3v) is 4.07. The Labute approximate surface area is 161 Å². The van der Waals surface area contributed by atoms with Crippen LogP contribution in [0.4, 0.5) is 15.9 Å². The maximum Gasteiger partial charge on any atom is 0.227 e. The van der Waals surface area contributed by atoms with Crippen LogP contribution in [0.5, 0.6) is 11.6 Å². The maximum atomic E-state index is 13.9. The normalized spacial score (nSPS) is 10.5. The summed E-state index contributed by atoms with van der Waals surface area (Å²) < 4.78 is 19.9. The van der Waals surface area contributed by atoms with Gasteiger partial charge in [-0.1, -0.05) is 0 Å². The molecule has 0 aliphatic heterocycles. The second-order valence-electron chi connectivity index (χ2n) is 6.19. The Kier molecular flexibility index (Phi) is 4.93. The van der Waals surface area contributed by atoms with Crippen molar-refractivity contribution >= 4 is 11.5 Å². The number of nitrogens with one attached hydrogen (secondary N) is 1. The molecule has 0 saturated carbocycles. The van der Waals surface area contributed by atoms with Crippen molar-refractivity contribution in [3.8, 4) is 22.8 Å². The molecule has 0 spiro atoms. The molecule has 3 heterocycles. The van der Waals surface area contributed by atoms with Crippen LogP contribution in [-0.4, -0.2) is 15.0 Å². The molecule has 0 aliphatic rings. The van der Waals surface area contributed by atoms with Gasteiger partial charge in [0.1, 0.15) is 5.75 Å². The van der Waals surface area contributed by atoms with Gasteiger partial charge in [0, 0.05) is 36.0 Å². The Morgan fingerprint density at radius 3 is 2.46 bits per heavy atom. The molecule has 0 fully saturated rings. The van der Waals surface area contributed by atoms with Crippen molar-refractivity contribution in [3.05, 3.63) is 90.8 Å². The minimum atomic E-state index is -0.393. The van der Waals surface area contributed by atoms with Gasteiger partial charge in [0.2, 0.25) is 5.88 Å². The van der Waals surface area contributed by atoms with Gasteiger partial charge in [-0.05, 0) is 72.6 Å². The SMILES string of the molecule is Cc1cnc(Nc2ccc(Oc3ncccc3-c3ccncc3)cc2)c(F)c1. The van der Waals surface area contributed by atoms with E-state index in [1.54, 1.807) is 56.0 Å². The molecule has 0 amide bonds. The Balaban J connectivity index is 1.53. The molecule has 0 atom stereocenters. The summed E-state index contributed by atoms with van der Waals surface area (Å²) in [7, 11) is 0. The van der Waals surface area contributed by atoms with Crippen molar-refractivity contribution < 1.29 is 9.13 Å². The molecule has 5 nitrogen and oxygen atoms in total. The van der Waals surface area contributed by atoms with Gasteiger partial charge in [0.05, 0.1) is 0 Å². The molecule has 4 rings (SSSR count). The second kappa shape index (κ2) is 7.84. The van der Waals surface area contributed by atoms with Gasteiger partial charge in [0.15, 0.2) is 11.6 Å². The molecule has 1 aromatic carbocycles. The van der Waals surface area contributed by atoms with E-state index >= 15 is 0 Å². The number of ether oxygens (including phenoxy) is 1. The van der Waals surface area contributed by atoms with Crippen LogP contribution < -0.4 is 10.1 Å². The molecular formula is C22H17FN4O. The van der Waals surface area contributed by atoms with E-state index in [2.05, 4.69) is 20.3 Å². The van der Waals surface area contributed by atoms with Crippen LogP contribution in [0.25, 0.3) is 11.1 Å². The Bertz CT molecular complexity index is 1090. The molecular weight excluding hydrogens is 355 g/mol. The second-order valence-corrected chi connectivity index (χ2v) is 6.19. The highest BCUT2D eigenvalue weighted by Crippen LogP contribution is 2.31. The first-order valence-corrected chi connectivity index (χ1v) is 8.71. The largest absolute Gasteiger partial charge is 0.438 e. The Morgan fingerprint density at radius 2 is 1.71 bits per heavy atom. The summed E-state index contributed by atoms with van der Waals surface area (Å²) in [6, 6.07) is 16.2. The van der Waals surface area contributed by atoms with E-state index in [1.165, 1.54) is 6.07 Å². The van der Waals surface area contributed by atoms with E-state index in [4.69, 9.17) is 4.74 Å². The van der Waals surface area contributed by atoms with Crippen LogP contribution in [0.2, 0.25) is 0 Å². The number of halogens is 1. The van der Waals surface area contributed by atoms with E-state index in [1.807, 2.05) is 24.3 Å². The predicted octanol–water partition coefficient (Wildman–Crippen LogP) is 5.52. The summed E-state index contributed by atoms with van der Waals surface area (Å²) in [6.45, 7) is 1.80. The molecule has 0 unspecified atom stereocenters. The summed E-state index contributed by atoms with van der Waals surface area (Å²) >= 11 is 0. The van der Waals surface area contributed by atoms with Gasteiger partial charge in [-0.2, -0.15) is 0 Å². The van der Waals surface area contributed by atoms with Crippen LogP contribution in [0, 0.1) is 12.7 Å². The lowest BCUT2D eigenvalue weighted by molar-refractivity contribution is 0.465. The van der Waals surface area contributed by atoms with Gasteiger partial charge >= 0.3 is 0 Å². The third kappa shape index (κ3) is 3.96. The first-order valence-electron chi connectivity index (χ1n) is 8.71. The van der Waals surface area contributed by atoms with Crippen LogP contribution in [-0.2, 0) is 0 Å². The number of pyridine rings is 3. The molecule has 4 aromatic rings. The number of anilines is 2. The fourth-order valence-electron chi connectivity index (χ4n) is 2.70. The number of rotatable bonds is 5. The molecule has 0 radical (unpaired) electrons. The first-order chi connectivity index (χ1) is 13.7. The molecule has 0 saturated heterocycles. The summed E-state index contributed by atoms with van der Waals surface area (Å²) in [6.07, 6.45) is 6.75. The maximum absolute atomic E-state index is 13.9. The van der Waals surface area contributed by atoms with Gasteiger partial charge in [-0.25, -0.2) is 14.4 Å². The standard InChI is InChI=1S/C22H17FN4O/c1-15-13-20(23)21(26-14-15)27-17-4-6-18(7-5-17)28-22-19(3-2-10-25-22)16-8-11-24-12-9-16/h2-14H,1H3,(H,26,27). The number of nitrogens with zero attached hydrogens (tertiary/aromatic N) is 3. The van der Waals surface area contributed by atoms with Crippen molar-refractivity contribution in [1.82, 2.24) is 15.0 Å². The highest BCUT2D eigenvalue weighted by atomic mass is 19.1. The lowest BCUT2D eigenvalue weighted by Gasteiger charge is -2.11. The zero-order valence-corrected chi connectivity index (χ0v) is 15.1. The Hall–Kier alpha value is -3.80. The number of hydrogen-bond donors (Lipinski definition) is 1. The average Bonchev–Trinajstić information content (AvgIpc) is 2.72. The van der Waals surface area contributed by atoms with Gasteiger partial charge in [0.25, 0.3) is 0 Å². The monoisotopic (exact) mass is 372 g/mol. The summed E-state index contributed by atoms with van der Waals surface area (Å²) in [5, 5.41) is 2.96. The topological polar surface area (TPSA) is 59.9 Å². The summed E-state index contributed by atoms with van der Waals surface area (Å²) in [5.41, 5.74) is 3.32. The van der Waals surface area contributed by atoms with Crippen molar-refractivity contribution in [3.63, 3.8) is 0 Å². The molecule has 6 heteroatoms. The number of aromatic nitrogens is 3. The van der Waals surface area contributed by atoms with Gasteiger partial charge < -0.3 is 10.1 Å². The van der Waals surface area contributed by atoms with Crippen molar-refractivity contribution in [2.24, 2.45) is 0 Å². The lowest BCUT2D eigenvalue weighted by Crippen LogP contribution is -1.97. The summed E-state index contributed by atoms with van der Waals surface area (Å²) in [5.74, 6) is 0.914. The number of hydrogen-bond acceptors (Lipinski definition) is 5. The quantitative estimate of drug-likeness (QED) is 0.500. The highest BCUT2D eigenvalue weighted by molar-refractivity contribution is 5.68. The van der Waals surface area contributed by atoms with E-state index in [9.17, 15) is 4.39 Å². The van der Waals surface area contributed by atoms with Crippen molar-refractivity contribution in [2.45, 2.75) is 6.92 Å². The van der Waals surface area contributed by atoms with Crippen LogP contribution >= 0.6 is 0 Å². The van der Waals surface area contributed by atoms with Crippen molar-refractivity contribution in [2.75, 3.05) is 5.32 Å². The third-order valence-electron chi connectivity index (χ3n) is 4.07. The van der Waals surface area contributed by atoms with Gasteiger partial charge in [-0.15, -0.1) is 0 Å². The molecule has 28 heavy (non-hydrogen) atoms. The number of aryl methyl sites for hydroxylation is 1. The predicted molar refractivity (Wildman–Crippen MR) is 106 cm³/mol. The zero-order valence-electron chi connectivity index (χ0n) is 15.1. The first kappa shape index (κ1) is 17.6. The Morgan fingerprint density at radius 1 is 0.929 bits per heavy atom. The fraction of sp³-hybridized carbons (Fsp3) is 0.0455. The molecule has 138 valence electrons. The lowest BCUT2D eigenvalue weighted by atomic mass is 10.1. The van der Waals surface area contributed by atoms with E-state index < -0.39 is 5.82 Å². The molecule has 1 N–H and O–H groups in total. The van der Waals surface area contributed by atoms with E-state index in [-0.39, 0.29) is 5.82 Å². The smallest absolute Gasteiger partial charge is 0.227 e. The minimum Gasteiger partial charge on any atom is -0.438 e. The van der Waals surface area contributed by atoms with Crippen LogP contribution in [0.3, 0.4) is 0 Å². The highest BCUT2D eigenvalue weighted by Gasteiger charge is 2.09. The van der Waals surface area contributed by atoms with Gasteiger partial charge in [-0.3, -0.25) is 4.98 Å². The van der Waals surface area contributed by atoms with Crippen molar-refractivity contribution in [1.29, 1.82) is 0 Å². The minimum absolute atomic E-state index is 0.184. The van der Waals surface area contributed by atoms with Crippen LogP contribution in [0.15, 0.2) is 79.4 Å². The number of benzene rings is 1. The summed E-state index contributed by atoms with van der Waals surface area (Å²) in [4.78, 5) is 12.5. The van der Waals surface area contributed by atoms with E-state index in [0.717, 1.165) is 16.7 Å². The van der Waals surface area contributed by atoms with E-state index in [0.29, 0.717) is 17.3 Å². The molecule has 0 aliphatic carbocycles.